The highest BCUT2D eigenvalue weighted by Crippen LogP contribution is 2.47. The second-order valence-electron chi connectivity index (χ2n) is 15.6. The van der Waals surface area contributed by atoms with Crippen LogP contribution in [0, 0.1) is 0 Å². The van der Waals surface area contributed by atoms with Gasteiger partial charge in [-0.25, -0.2) is 0 Å². The lowest BCUT2D eigenvalue weighted by atomic mass is 9.84. The summed E-state index contributed by atoms with van der Waals surface area (Å²) in [5.74, 6) is 0. The molecule has 11 aromatic rings. The van der Waals surface area contributed by atoms with Crippen LogP contribution in [0.4, 0.5) is 17.1 Å². The number of rotatable bonds is 9. The minimum absolute atomic E-state index is 0.868. The Morgan fingerprint density at radius 1 is 0.258 bits per heavy atom. The van der Waals surface area contributed by atoms with Crippen LogP contribution in [0.3, 0.4) is 0 Å². The standard InChI is InChI=1S/C60H41NO/c1-4-18-42(19-5-1)43-34-36-46(37-35-43)51-27-12-14-32-57(51)61(49-38-39-59-56(41-49)54-28-13-15-33-58(54)62-59)48-25-16-24-47(40-48)53-31-17-30-52(45-22-8-3-9-23-45)60(53)55-29-11-10-26-50(55)44-20-6-2-7-21-44/h1-41H. The van der Waals surface area contributed by atoms with Crippen molar-refractivity contribution in [3.8, 4) is 66.8 Å². The maximum absolute atomic E-state index is 6.34. The third kappa shape index (κ3) is 6.84. The molecule has 292 valence electrons. The number of hydrogen-bond donors (Lipinski definition) is 0. The van der Waals surface area contributed by atoms with Gasteiger partial charge in [0.2, 0.25) is 0 Å². The molecule has 0 fully saturated rings. The molecule has 0 aliphatic rings. The second kappa shape index (κ2) is 16.1. The first-order valence-corrected chi connectivity index (χ1v) is 21.2. The van der Waals surface area contributed by atoms with E-state index in [4.69, 9.17) is 4.42 Å². The summed E-state index contributed by atoms with van der Waals surface area (Å²) in [6.07, 6.45) is 0. The summed E-state index contributed by atoms with van der Waals surface area (Å²) in [7, 11) is 0. The highest BCUT2D eigenvalue weighted by molar-refractivity contribution is 6.07. The van der Waals surface area contributed by atoms with E-state index in [1.54, 1.807) is 0 Å². The average molecular weight is 792 g/mol. The van der Waals surface area contributed by atoms with Gasteiger partial charge in [-0.05, 0) is 104 Å². The van der Waals surface area contributed by atoms with Crippen LogP contribution >= 0.6 is 0 Å². The van der Waals surface area contributed by atoms with Crippen LogP contribution in [-0.4, -0.2) is 0 Å². The molecular weight excluding hydrogens is 751 g/mol. The van der Waals surface area contributed by atoms with E-state index >= 15 is 0 Å². The molecule has 0 saturated carbocycles. The number of furan rings is 1. The van der Waals surface area contributed by atoms with Gasteiger partial charge in [0.05, 0.1) is 5.69 Å². The van der Waals surface area contributed by atoms with Gasteiger partial charge in [-0.2, -0.15) is 0 Å². The summed E-state index contributed by atoms with van der Waals surface area (Å²) in [4.78, 5) is 2.41. The van der Waals surface area contributed by atoms with Gasteiger partial charge in [0, 0.05) is 27.7 Å². The fourth-order valence-corrected chi connectivity index (χ4v) is 8.99. The van der Waals surface area contributed by atoms with Crippen molar-refractivity contribution in [3.05, 3.63) is 249 Å². The van der Waals surface area contributed by atoms with Gasteiger partial charge in [0.25, 0.3) is 0 Å². The molecule has 0 bridgehead atoms. The Morgan fingerprint density at radius 2 is 0.726 bits per heavy atom. The molecule has 0 aliphatic carbocycles. The van der Waals surface area contributed by atoms with Crippen molar-refractivity contribution in [3.63, 3.8) is 0 Å². The Bertz CT molecular complexity index is 3330. The van der Waals surface area contributed by atoms with Crippen LogP contribution in [0.2, 0.25) is 0 Å². The molecule has 0 atom stereocenters. The molecule has 0 N–H and O–H groups in total. The molecule has 2 nitrogen and oxygen atoms in total. The topological polar surface area (TPSA) is 16.4 Å². The van der Waals surface area contributed by atoms with Crippen molar-refractivity contribution < 1.29 is 4.42 Å². The lowest BCUT2D eigenvalue weighted by Gasteiger charge is -2.28. The quantitative estimate of drug-likeness (QED) is 0.145. The monoisotopic (exact) mass is 791 g/mol. The molecule has 1 heterocycles. The third-order valence-electron chi connectivity index (χ3n) is 11.9. The molecule has 0 amide bonds. The van der Waals surface area contributed by atoms with Gasteiger partial charge in [0.1, 0.15) is 11.2 Å². The van der Waals surface area contributed by atoms with Crippen LogP contribution in [0.1, 0.15) is 0 Å². The maximum atomic E-state index is 6.34. The predicted octanol–water partition coefficient (Wildman–Crippen LogP) is 17.1. The summed E-state index contributed by atoms with van der Waals surface area (Å²) < 4.78 is 6.34. The Hall–Kier alpha value is -8.20. The van der Waals surface area contributed by atoms with Crippen molar-refractivity contribution in [2.75, 3.05) is 4.90 Å². The van der Waals surface area contributed by atoms with Gasteiger partial charge >= 0.3 is 0 Å². The molecule has 62 heavy (non-hydrogen) atoms. The van der Waals surface area contributed by atoms with Gasteiger partial charge in [0.15, 0.2) is 0 Å². The zero-order valence-corrected chi connectivity index (χ0v) is 34.0. The second-order valence-corrected chi connectivity index (χ2v) is 15.6. The largest absolute Gasteiger partial charge is 0.456 e. The molecule has 0 unspecified atom stereocenters. The normalized spacial score (nSPS) is 11.2. The minimum Gasteiger partial charge on any atom is -0.456 e. The highest BCUT2D eigenvalue weighted by Gasteiger charge is 2.22. The van der Waals surface area contributed by atoms with E-state index in [2.05, 4.69) is 241 Å². The fraction of sp³-hybridized carbons (Fsp3) is 0. The summed E-state index contributed by atoms with van der Waals surface area (Å²) in [6.45, 7) is 0. The first-order valence-electron chi connectivity index (χ1n) is 21.2. The molecule has 2 heteroatoms. The van der Waals surface area contributed by atoms with Gasteiger partial charge in [-0.15, -0.1) is 0 Å². The zero-order chi connectivity index (χ0) is 41.2. The van der Waals surface area contributed by atoms with Gasteiger partial charge < -0.3 is 9.32 Å². The van der Waals surface area contributed by atoms with E-state index < -0.39 is 0 Å². The predicted molar refractivity (Wildman–Crippen MR) is 261 cm³/mol. The smallest absolute Gasteiger partial charge is 0.135 e. The number of benzene rings is 10. The first kappa shape index (κ1) is 36.8. The molecule has 0 aliphatic heterocycles. The summed E-state index contributed by atoms with van der Waals surface area (Å²) in [6, 6.07) is 89.2. The van der Waals surface area contributed by atoms with Crippen molar-refractivity contribution in [2.24, 2.45) is 0 Å². The minimum atomic E-state index is 0.868. The molecule has 0 radical (unpaired) electrons. The lowest BCUT2D eigenvalue weighted by Crippen LogP contribution is -2.11. The molecule has 0 spiro atoms. The fourth-order valence-electron chi connectivity index (χ4n) is 8.99. The Balaban J connectivity index is 1.12. The summed E-state index contributed by atoms with van der Waals surface area (Å²) >= 11 is 0. The Labute approximate surface area is 362 Å². The van der Waals surface area contributed by atoms with E-state index in [-0.39, 0.29) is 0 Å². The van der Waals surface area contributed by atoms with E-state index in [1.807, 2.05) is 12.1 Å². The first-order chi connectivity index (χ1) is 30.8. The van der Waals surface area contributed by atoms with Crippen molar-refractivity contribution >= 4 is 39.0 Å². The van der Waals surface area contributed by atoms with Crippen LogP contribution in [-0.2, 0) is 0 Å². The van der Waals surface area contributed by atoms with Crippen molar-refractivity contribution in [2.45, 2.75) is 0 Å². The third-order valence-corrected chi connectivity index (χ3v) is 11.9. The maximum Gasteiger partial charge on any atom is 0.135 e. The van der Waals surface area contributed by atoms with Crippen molar-refractivity contribution in [1.29, 1.82) is 0 Å². The van der Waals surface area contributed by atoms with Crippen LogP contribution in [0.5, 0.6) is 0 Å². The number of anilines is 3. The zero-order valence-electron chi connectivity index (χ0n) is 34.0. The summed E-state index contributed by atoms with van der Waals surface area (Å²) in [5, 5.41) is 2.18. The van der Waals surface area contributed by atoms with E-state index in [0.717, 1.165) is 61.3 Å². The molecule has 10 aromatic carbocycles. The molecule has 1 aromatic heterocycles. The van der Waals surface area contributed by atoms with E-state index in [0.29, 0.717) is 0 Å². The number of para-hydroxylation sites is 2. The average Bonchev–Trinajstić information content (AvgIpc) is 3.73. The Morgan fingerprint density at radius 3 is 1.47 bits per heavy atom. The summed E-state index contributed by atoms with van der Waals surface area (Å²) in [5.41, 5.74) is 19.0. The van der Waals surface area contributed by atoms with Crippen LogP contribution < -0.4 is 4.90 Å². The molecule has 11 rings (SSSR count). The van der Waals surface area contributed by atoms with E-state index in [1.165, 1.54) is 44.5 Å². The number of hydrogen-bond acceptors (Lipinski definition) is 2. The van der Waals surface area contributed by atoms with E-state index in [9.17, 15) is 0 Å². The molecular formula is C60H41NO. The van der Waals surface area contributed by atoms with Gasteiger partial charge in [-0.3, -0.25) is 0 Å². The van der Waals surface area contributed by atoms with Gasteiger partial charge in [-0.1, -0.05) is 206 Å². The van der Waals surface area contributed by atoms with Crippen LogP contribution in [0.25, 0.3) is 88.7 Å². The molecule has 0 saturated heterocycles. The highest BCUT2D eigenvalue weighted by atomic mass is 16.3. The SMILES string of the molecule is c1ccc(-c2ccc(-c3ccccc3N(c3cccc(-c4cccc(-c5ccccc5)c4-c4ccccc4-c4ccccc4)c3)c3ccc4oc5ccccc5c4c3)cc2)cc1. The van der Waals surface area contributed by atoms with Crippen molar-refractivity contribution in [1.82, 2.24) is 0 Å². The lowest BCUT2D eigenvalue weighted by molar-refractivity contribution is 0.669. The number of nitrogens with zero attached hydrogens (tertiary/aromatic N) is 1. The number of fused-ring (bicyclic) bond motifs is 3. The van der Waals surface area contributed by atoms with Crippen LogP contribution in [0.15, 0.2) is 253 Å². The Kier molecular flexibility index (Phi) is 9.57.